The Balaban J connectivity index is 2.55. The Hall–Kier alpha value is -1.83. The molecule has 0 heterocycles. The summed E-state index contributed by atoms with van der Waals surface area (Å²) in [5.74, 6) is 0.601. The zero-order valence-electron chi connectivity index (χ0n) is 8.25. The first-order valence-corrected chi connectivity index (χ1v) is 4.78. The molecular weight excluding hydrogens is 191 g/mol. The molecule has 0 radical (unpaired) electrons. The van der Waals surface area contributed by atoms with Gasteiger partial charge in [0.05, 0.1) is 7.11 Å². The first-order valence-electron chi connectivity index (χ1n) is 4.78. The lowest BCUT2D eigenvalue weighted by Crippen LogP contribution is -1.89. The number of fused-ring (bicyclic) bond motifs is 2. The molecule has 2 bridgehead atoms. The standard InChI is InChI=1S/C13H9FO/c1-15-13-6-8-2-4-11(13)12-7-9(14)3-5-10(8)12/h2-7H,1H3. The Morgan fingerprint density at radius 1 is 0.933 bits per heavy atom. The van der Waals surface area contributed by atoms with E-state index in [0.29, 0.717) is 0 Å². The molecule has 0 saturated heterocycles. The fraction of sp³-hybridized carbons (Fsp3) is 0.0769. The lowest BCUT2D eigenvalue weighted by molar-refractivity contribution is 0.420. The van der Waals surface area contributed by atoms with Gasteiger partial charge in [-0.05, 0) is 34.4 Å². The minimum absolute atomic E-state index is 0.210. The summed E-state index contributed by atoms with van der Waals surface area (Å²) >= 11 is 0. The van der Waals surface area contributed by atoms with Crippen LogP contribution in [0, 0.1) is 5.82 Å². The van der Waals surface area contributed by atoms with Gasteiger partial charge < -0.3 is 4.74 Å². The van der Waals surface area contributed by atoms with Gasteiger partial charge in [0, 0.05) is 5.39 Å². The quantitative estimate of drug-likeness (QED) is 0.583. The van der Waals surface area contributed by atoms with Crippen LogP contribution >= 0.6 is 0 Å². The minimum atomic E-state index is -0.210. The SMILES string of the molecule is COc1cc2ccc1c1cc(F)ccc21. The van der Waals surface area contributed by atoms with Crippen LogP contribution in [0.4, 0.5) is 4.39 Å². The van der Waals surface area contributed by atoms with Crippen molar-refractivity contribution < 1.29 is 9.13 Å². The van der Waals surface area contributed by atoms with Gasteiger partial charge in [-0.15, -0.1) is 0 Å². The molecule has 0 aliphatic heterocycles. The topological polar surface area (TPSA) is 9.23 Å². The molecule has 0 unspecified atom stereocenters. The van der Waals surface area contributed by atoms with Gasteiger partial charge in [-0.25, -0.2) is 4.39 Å². The fourth-order valence-electron chi connectivity index (χ4n) is 2.07. The third-order valence-corrected chi connectivity index (χ3v) is 2.78. The van der Waals surface area contributed by atoms with Crippen LogP contribution in [-0.2, 0) is 0 Å². The van der Waals surface area contributed by atoms with Gasteiger partial charge in [-0.3, -0.25) is 0 Å². The predicted octanol–water partition coefficient (Wildman–Crippen LogP) is 3.58. The molecule has 4 rings (SSSR count). The summed E-state index contributed by atoms with van der Waals surface area (Å²) in [6.07, 6.45) is 0. The summed E-state index contributed by atoms with van der Waals surface area (Å²) in [5, 5.41) is 4.04. The van der Waals surface area contributed by atoms with E-state index in [-0.39, 0.29) is 5.82 Å². The van der Waals surface area contributed by atoms with Crippen molar-refractivity contribution in [1.82, 2.24) is 0 Å². The minimum Gasteiger partial charge on any atom is -0.496 e. The van der Waals surface area contributed by atoms with E-state index >= 15 is 0 Å². The van der Waals surface area contributed by atoms with Crippen LogP contribution in [0.1, 0.15) is 0 Å². The maximum Gasteiger partial charge on any atom is 0.127 e. The fourth-order valence-corrected chi connectivity index (χ4v) is 2.07. The Labute approximate surface area is 86.4 Å². The van der Waals surface area contributed by atoms with Gasteiger partial charge >= 0.3 is 0 Å². The van der Waals surface area contributed by atoms with Crippen molar-refractivity contribution in [3.05, 3.63) is 42.2 Å². The summed E-state index contributed by atoms with van der Waals surface area (Å²) < 4.78 is 18.4. The molecule has 0 aliphatic carbocycles. The maximum absolute atomic E-state index is 13.1. The molecule has 4 aromatic carbocycles. The number of hydrogen-bond donors (Lipinski definition) is 0. The first kappa shape index (κ1) is 8.48. The summed E-state index contributed by atoms with van der Waals surface area (Å²) in [7, 11) is 1.63. The Morgan fingerprint density at radius 2 is 1.73 bits per heavy atom. The molecule has 0 fully saturated rings. The number of rotatable bonds is 1. The van der Waals surface area contributed by atoms with Crippen molar-refractivity contribution in [2.75, 3.05) is 7.11 Å². The van der Waals surface area contributed by atoms with E-state index < -0.39 is 0 Å². The summed E-state index contributed by atoms with van der Waals surface area (Å²) in [5.41, 5.74) is 0. The molecule has 0 aromatic heterocycles. The average molecular weight is 200 g/mol. The highest BCUT2D eigenvalue weighted by Gasteiger charge is 2.09. The molecule has 0 saturated carbocycles. The highest BCUT2D eigenvalue weighted by molar-refractivity contribution is 6.12. The van der Waals surface area contributed by atoms with Crippen LogP contribution < -0.4 is 4.74 Å². The van der Waals surface area contributed by atoms with Crippen LogP contribution in [0.5, 0.6) is 5.75 Å². The third kappa shape index (κ3) is 1.08. The van der Waals surface area contributed by atoms with Crippen molar-refractivity contribution in [3.8, 4) is 5.75 Å². The van der Waals surface area contributed by atoms with E-state index in [2.05, 4.69) is 0 Å². The Bertz CT molecular complexity index is 630. The average Bonchev–Trinajstić information content (AvgIpc) is 2.29. The third-order valence-electron chi connectivity index (χ3n) is 2.78. The van der Waals surface area contributed by atoms with E-state index in [1.807, 2.05) is 24.3 Å². The number of methoxy groups -OCH3 is 1. The van der Waals surface area contributed by atoms with Crippen molar-refractivity contribution in [1.29, 1.82) is 0 Å². The van der Waals surface area contributed by atoms with E-state index in [9.17, 15) is 4.39 Å². The molecular formula is C13H9FO. The van der Waals surface area contributed by atoms with Crippen molar-refractivity contribution in [3.63, 3.8) is 0 Å². The van der Waals surface area contributed by atoms with Crippen LogP contribution in [0.25, 0.3) is 21.5 Å². The van der Waals surface area contributed by atoms with Crippen molar-refractivity contribution >= 4 is 21.5 Å². The molecule has 0 atom stereocenters. The van der Waals surface area contributed by atoms with Gasteiger partial charge in [0.25, 0.3) is 0 Å². The van der Waals surface area contributed by atoms with E-state index in [1.54, 1.807) is 13.2 Å². The van der Waals surface area contributed by atoms with E-state index in [1.165, 1.54) is 6.07 Å². The van der Waals surface area contributed by atoms with Crippen LogP contribution in [0.3, 0.4) is 0 Å². The number of halogens is 1. The van der Waals surface area contributed by atoms with Gasteiger partial charge in [0.15, 0.2) is 0 Å². The highest BCUT2D eigenvalue weighted by Crippen LogP contribution is 2.35. The Kier molecular flexibility index (Phi) is 1.60. The van der Waals surface area contributed by atoms with Crippen molar-refractivity contribution in [2.45, 2.75) is 0 Å². The second-order valence-electron chi connectivity index (χ2n) is 3.60. The molecule has 0 spiro atoms. The van der Waals surface area contributed by atoms with Crippen LogP contribution in [0.2, 0.25) is 0 Å². The lowest BCUT2D eigenvalue weighted by Gasteiger charge is -2.11. The molecule has 4 aromatic rings. The second-order valence-corrected chi connectivity index (χ2v) is 3.60. The smallest absolute Gasteiger partial charge is 0.127 e. The first-order chi connectivity index (χ1) is 7.29. The summed E-state index contributed by atoms with van der Waals surface area (Å²) in [6.45, 7) is 0. The molecule has 74 valence electrons. The summed E-state index contributed by atoms with van der Waals surface area (Å²) in [6, 6.07) is 10.8. The zero-order valence-corrected chi connectivity index (χ0v) is 8.25. The van der Waals surface area contributed by atoms with E-state index in [4.69, 9.17) is 4.74 Å². The maximum atomic E-state index is 13.1. The highest BCUT2D eigenvalue weighted by atomic mass is 19.1. The monoisotopic (exact) mass is 200 g/mol. The van der Waals surface area contributed by atoms with Gasteiger partial charge in [0.2, 0.25) is 0 Å². The molecule has 0 N–H and O–H groups in total. The predicted molar refractivity (Wildman–Crippen MR) is 59.2 cm³/mol. The van der Waals surface area contributed by atoms with Gasteiger partial charge in [0.1, 0.15) is 11.6 Å². The Morgan fingerprint density at radius 3 is 2.53 bits per heavy atom. The van der Waals surface area contributed by atoms with Crippen LogP contribution in [-0.4, -0.2) is 7.11 Å². The summed E-state index contributed by atoms with van der Waals surface area (Å²) in [4.78, 5) is 0. The lowest BCUT2D eigenvalue weighted by atomic mass is 9.98. The molecule has 1 nitrogen and oxygen atoms in total. The molecule has 15 heavy (non-hydrogen) atoms. The molecule has 2 heteroatoms. The van der Waals surface area contributed by atoms with Crippen LogP contribution in [0.15, 0.2) is 36.4 Å². The second kappa shape index (κ2) is 2.83. The molecule has 0 aliphatic rings. The van der Waals surface area contributed by atoms with Gasteiger partial charge in [-0.2, -0.15) is 0 Å². The number of hydrogen-bond acceptors (Lipinski definition) is 1. The van der Waals surface area contributed by atoms with E-state index in [0.717, 1.165) is 27.3 Å². The largest absolute Gasteiger partial charge is 0.496 e. The number of benzene rings is 4. The van der Waals surface area contributed by atoms with Gasteiger partial charge in [-0.1, -0.05) is 18.2 Å². The van der Waals surface area contributed by atoms with Crippen molar-refractivity contribution in [2.24, 2.45) is 0 Å². The normalized spacial score (nSPS) is 11.3. The zero-order chi connectivity index (χ0) is 10.4. The number of ether oxygens (including phenoxy) is 1. The molecule has 0 amide bonds.